The van der Waals surface area contributed by atoms with Crippen molar-refractivity contribution in [3.63, 3.8) is 0 Å². The van der Waals surface area contributed by atoms with Gasteiger partial charge in [-0.25, -0.2) is 0 Å². The Kier molecular flexibility index (Phi) is 8.46. The van der Waals surface area contributed by atoms with Crippen LogP contribution >= 0.6 is 0 Å². The maximum Gasteiger partial charge on any atom is 0.309 e. The lowest BCUT2D eigenvalue weighted by Gasteiger charge is -2.29. The smallest absolute Gasteiger partial charge is 0.309 e. The van der Waals surface area contributed by atoms with Crippen LogP contribution in [0.25, 0.3) is 0 Å². The predicted octanol–water partition coefficient (Wildman–Crippen LogP) is 3.03. The van der Waals surface area contributed by atoms with E-state index in [0.717, 1.165) is 31.2 Å². The number of nitrogens with one attached hydrogen (secondary N) is 1. The minimum atomic E-state index is -0.764. The third kappa shape index (κ3) is 6.65. The van der Waals surface area contributed by atoms with E-state index in [1.807, 2.05) is 35.2 Å². The molecule has 0 saturated heterocycles. The van der Waals surface area contributed by atoms with Crippen LogP contribution in [-0.2, 0) is 20.9 Å². The van der Waals surface area contributed by atoms with Gasteiger partial charge in [0.05, 0.1) is 25.6 Å². The number of ether oxygens (including phenoxy) is 1. The van der Waals surface area contributed by atoms with Gasteiger partial charge in [-0.2, -0.15) is 5.26 Å². The largest absolute Gasteiger partial charge is 0.469 e. The maximum atomic E-state index is 12.8. The van der Waals surface area contributed by atoms with Crippen LogP contribution in [0.15, 0.2) is 30.3 Å². The molecule has 152 valence electrons. The lowest BCUT2D eigenvalue weighted by molar-refractivity contribution is -0.146. The van der Waals surface area contributed by atoms with Gasteiger partial charge < -0.3 is 10.1 Å². The fraction of sp³-hybridized carbons (Fsp3) is 0.591. The average Bonchev–Trinajstić information content (AvgIpc) is 2.93. The molecule has 1 fully saturated rings. The van der Waals surface area contributed by atoms with Crippen molar-refractivity contribution in [2.45, 2.75) is 57.5 Å². The lowest BCUT2D eigenvalue weighted by Crippen LogP contribution is -2.50. The minimum absolute atomic E-state index is 0.139. The SMILES string of the molecule is COC(=O)C(C)CN(CC(=O)NC1(C#N)CCCCCC1)Cc1ccccc1. The van der Waals surface area contributed by atoms with Crippen molar-refractivity contribution in [2.24, 2.45) is 5.92 Å². The quantitative estimate of drug-likeness (QED) is 0.549. The molecule has 1 saturated carbocycles. The van der Waals surface area contributed by atoms with E-state index < -0.39 is 5.54 Å². The molecule has 1 aromatic rings. The standard InChI is InChI=1S/C22H31N3O3/c1-18(21(27)28-2)14-25(15-19-10-6-5-7-11-19)16-20(26)24-22(17-23)12-8-3-4-9-13-22/h5-7,10-11,18H,3-4,8-9,12-16H2,1-2H3,(H,24,26). The first-order valence-corrected chi connectivity index (χ1v) is 10.0. The van der Waals surface area contributed by atoms with Gasteiger partial charge in [-0.3, -0.25) is 14.5 Å². The number of hydrogen-bond donors (Lipinski definition) is 1. The number of nitrogens with zero attached hydrogens (tertiary/aromatic N) is 2. The van der Waals surface area contributed by atoms with Gasteiger partial charge in [0.2, 0.25) is 5.91 Å². The maximum absolute atomic E-state index is 12.8. The van der Waals surface area contributed by atoms with E-state index in [9.17, 15) is 14.9 Å². The highest BCUT2D eigenvalue weighted by Crippen LogP contribution is 2.26. The molecule has 1 atom stereocenters. The van der Waals surface area contributed by atoms with Gasteiger partial charge in [0, 0.05) is 13.1 Å². The minimum Gasteiger partial charge on any atom is -0.469 e. The molecule has 6 heteroatoms. The van der Waals surface area contributed by atoms with Crippen molar-refractivity contribution >= 4 is 11.9 Å². The monoisotopic (exact) mass is 385 g/mol. The lowest BCUT2D eigenvalue weighted by atomic mass is 9.92. The first-order chi connectivity index (χ1) is 13.5. The molecule has 1 aliphatic rings. The van der Waals surface area contributed by atoms with Crippen LogP contribution in [0.4, 0.5) is 0 Å². The molecule has 0 aromatic heterocycles. The number of benzene rings is 1. The van der Waals surface area contributed by atoms with E-state index in [4.69, 9.17) is 4.74 Å². The summed E-state index contributed by atoms with van der Waals surface area (Å²) >= 11 is 0. The Bertz CT molecular complexity index is 676. The second-order valence-electron chi connectivity index (χ2n) is 7.74. The van der Waals surface area contributed by atoms with Crippen LogP contribution in [0.3, 0.4) is 0 Å². The zero-order chi connectivity index (χ0) is 20.4. The molecular formula is C22H31N3O3. The molecule has 1 aliphatic carbocycles. The van der Waals surface area contributed by atoms with E-state index in [1.165, 1.54) is 7.11 Å². The van der Waals surface area contributed by atoms with Gasteiger partial charge in [0.15, 0.2) is 0 Å². The van der Waals surface area contributed by atoms with Gasteiger partial charge in [-0.15, -0.1) is 0 Å². The molecule has 0 spiro atoms. The molecule has 0 radical (unpaired) electrons. The molecule has 2 rings (SSSR count). The zero-order valence-corrected chi connectivity index (χ0v) is 16.9. The summed E-state index contributed by atoms with van der Waals surface area (Å²) < 4.78 is 4.83. The zero-order valence-electron chi connectivity index (χ0n) is 16.9. The van der Waals surface area contributed by atoms with Gasteiger partial charge in [0.1, 0.15) is 5.54 Å². The van der Waals surface area contributed by atoms with Crippen molar-refractivity contribution < 1.29 is 14.3 Å². The Labute approximate surface area is 167 Å². The fourth-order valence-electron chi connectivity index (χ4n) is 3.80. The molecular weight excluding hydrogens is 354 g/mol. The Balaban J connectivity index is 2.05. The number of carbonyl (C=O) groups excluding carboxylic acids is 2. The van der Waals surface area contributed by atoms with Crippen molar-refractivity contribution in [2.75, 3.05) is 20.2 Å². The molecule has 6 nitrogen and oxygen atoms in total. The molecule has 0 heterocycles. The molecule has 1 amide bonds. The summed E-state index contributed by atoms with van der Waals surface area (Å²) in [7, 11) is 1.37. The third-order valence-electron chi connectivity index (χ3n) is 5.30. The molecule has 1 aromatic carbocycles. The second-order valence-corrected chi connectivity index (χ2v) is 7.74. The van der Waals surface area contributed by atoms with Crippen LogP contribution in [0, 0.1) is 17.2 Å². The molecule has 28 heavy (non-hydrogen) atoms. The highest BCUT2D eigenvalue weighted by molar-refractivity contribution is 5.79. The normalized spacial score (nSPS) is 17.2. The number of methoxy groups -OCH3 is 1. The highest BCUT2D eigenvalue weighted by Gasteiger charge is 2.33. The number of esters is 1. The van der Waals surface area contributed by atoms with Crippen LogP contribution in [0.1, 0.15) is 51.0 Å². The number of hydrogen-bond acceptors (Lipinski definition) is 5. The summed E-state index contributed by atoms with van der Waals surface area (Å²) in [5.74, 6) is -0.809. The summed E-state index contributed by atoms with van der Waals surface area (Å²) in [6.07, 6.45) is 5.53. The summed E-state index contributed by atoms with van der Waals surface area (Å²) in [4.78, 5) is 26.6. The second kappa shape index (κ2) is 10.8. The Morgan fingerprint density at radius 2 is 1.86 bits per heavy atom. The molecule has 1 unspecified atom stereocenters. The third-order valence-corrected chi connectivity index (χ3v) is 5.30. The van der Waals surface area contributed by atoms with Crippen molar-refractivity contribution in [3.8, 4) is 6.07 Å². The van der Waals surface area contributed by atoms with Gasteiger partial charge in [-0.05, 0) is 18.4 Å². The summed E-state index contributed by atoms with van der Waals surface area (Å²) in [6.45, 7) is 2.90. The van der Waals surface area contributed by atoms with Gasteiger partial charge in [0.25, 0.3) is 0 Å². The number of nitriles is 1. The number of amides is 1. The van der Waals surface area contributed by atoms with Crippen molar-refractivity contribution in [1.29, 1.82) is 5.26 Å². The van der Waals surface area contributed by atoms with Crippen molar-refractivity contribution in [1.82, 2.24) is 10.2 Å². The van der Waals surface area contributed by atoms with Gasteiger partial charge >= 0.3 is 5.97 Å². The average molecular weight is 386 g/mol. The van der Waals surface area contributed by atoms with Gasteiger partial charge in [-0.1, -0.05) is 62.9 Å². The Hall–Kier alpha value is -2.39. The first kappa shape index (κ1) is 21.9. The van der Waals surface area contributed by atoms with Crippen molar-refractivity contribution in [3.05, 3.63) is 35.9 Å². The molecule has 1 N–H and O–H groups in total. The molecule has 0 bridgehead atoms. The van der Waals surface area contributed by atoms with E-state index in [1.54, 1.807) is 6.92 Å². The van der Waals surface area contributed by atoms with Crippen LogP contribution in [0.2, 0.25) is 0 Å². The molecule has 0 aliphatic heterocycles. The van der Waals surface area contributed by atoms with Crippen LogP contribution in [0.5, 0.6) is 0 Å². The summed E-state index contributed by atoms with van der Waals surface area (Å²) in [6, 6.07) is 12.2. The first-order valence-electron chi connectivity index (χ1n) is 10.0. The van der Waals surface area contributed by atoms with E-state index in [0.29, 0.717) is 25.9 Å². The fourth-order valence-corrected chi connectivity index (χ4v) is 3.80. The Morgan fingerprint density at radius 1 is 1.21 bits per heavy atom. The summed E-state index contributed by atoms with van der Waals surface area (Å²) in [5, 5.41) is 12.7. The topological polar surface area (TPSA) is 82.4 Å². The number of rotatable bonds is 8. The highest BCUT2D eigenvalue weighted by atomic mass is 16.5. The summed E-state index contributed by atoms with van der Waals surface area (Å²) in [5.41, 5.74) is 0.303. The van der Waals surface area contributed by atoms with Crippen LogP contribution < -0.4 is 5.32 Å². The van der Waals surface area contributed by atoms with E-state index >= 15 is 0 Å². The number of carbonyl (C=O) groups is 2. The van der Waals surface area contributed by atoms with E-state index in [2.05, 4.69) is 11.4 Å². The van der Waals surface area contributed by atoms with Crippen LogP contribution in [-0.4, -0.2) is 42.5 Å². The van der Waals surface area contributed by atoms with E-state index in [-0.39, 0.29) is 24.3 Å². The Morgan fingerprint density at radius 3 is 2.43 bits per heavy atom. The predicted molar refractivity (Wildman–Crippen MR) is 107 cm³/mol.